The maximum absolute atomic E-state index is 12.0. The average Bonchev–Trinajstić information content (AvgIpc) is 2.78. The fraction of sp³-hybridized carbons (Fsp3) is 0.462. The molecule has 0 radical (unpaired) electrons. The summed E-state index contributed by atoms with van der Waals surface area (Å²) in [5.41, 5.74) is 1.72. The van der Waals surface area contributed by atoms with Crippen molar-refractivity contribution in [3.05, 3.63) is 23.8 Å². The molecule has 1 aliphatic heterocycles. The first-order valence-corrected chi connectivity index (χ1v) is 5.99. The molecule has 1 heterocycles. The molecule has 0 saturated carbocycles. The van der Waals surface area contributed by atoms with Gasteiger partial charge in [0, 0.05) is 13.1 Å². The number of aliphatic hydroxyl groups excluding tert-OH is 1. The lowest BCUT2D eigenvalue weighted by Gasteiger charge is -2.18. The fourth-order valence-electron chi connectivity index (χ4n) is 2.02. The highest BCUT2D eigenvalue weighted by Crippen LogP contribution is 2.25. The Bertz CT molecular complexity index is 448. The number of aliphatic hydroxyl groups is 1. The SMILES string of the molecule is COc1cc(C)ccc1NC(=O)N1CC[C@@H](O)C1. The number of methoxy groups -OCH3 is 1. The van der Waals surface area contributed by atoms with Gasteiger partial charge in [0.05, 0.1) is 18.9 Å². The maximum atomic E-state index is 12.0. The van der Waals surface area contributed by atoms with E-state index < -0.39 is 6.10 Å². The number of carbonyl (C=O) groups is 1. The largest absolute Gasteiger partial charge is 0.495 e. The molecular weight excluding hydrogens is 232 g/mol. The van der Waals surface area contributed by atoms with E-state index in [4.69, 9.17) is 4.74 Å². The molecule has 1 aromatic rings. The second-order valence-corrected chi connectivity index (χ2v) is 4.52. The first-order valence-electron chi connectivity index (χ1n) is 5.99. The minimum Gasteiger partial charge on any atom is -0.495 e. The first-order chi connectivity index (χ1) is 8.60. The van der Waals surface area contributed by atoms with Gasteiger partial charge in [-0.2, -0.15) is 0 Å². The molecule has 5 heteroatoms. The second-order valence-electron chi connectivity index (χ2n) is 4.52. The van der Waals surface area contributed by atoms with Gasteiger partial charge in [-0.25, -0.2) is 4.79 Å². The molecule has 18 heavy (non-hydrogen) atoms. The van der Waals surface area contributed by atoms with Gasteiger partial charge in [0.25, 0.3) is 0 Å². The zero-order chi connectivity index (χ0) is 13.1. The summed E-state index contributed by atoms with van der Waals surface area (Å²) in [6.07, 6.45) is 0.231. The molecule has 1 saturated heterocycles. The topological polar surface area (TPSA) is 61.8 Å². The molecule has 0 aliphatic carbocycles. The summed E-state index contributed by atoms with van der Waals surface area (Å²) < 4.78 is 5.23. The molecule has 0 spiro atoms. The van der Waals surface area contributed by atoms with E-state index in [0.717, 1.165) is 5.56 Å². The van der Waals surface area contributed by atoms with Crippen LogP contribution in [0.2, 0.25) is 0 Å². The lowest BCUT2D eigenvalue weighted by atomic mass is 10.2. The van der Waals surface area contributed by atoms with Crippen LogP contribution in [0.4, 0.5) is 10.5 Å². The van der Waals surface area contributed by atoms with Crippen LogP contribution in [0.15, 0.2) is 18.2 Å². The number of rotatable bonds is 2. The lowest BCUT2D eigenvalue weighted by Crippen LogP contribution is -2.33. The van der Waals surface area contributed by atoms with Crippen molar-refractivity contribution in [3.8, 4) is 5.75 Å². The number of nitrogens with zero attached hydrogens (tertiary/aromatic N) is 1. The Morgan fingerprint density at radius 2 is 2.33 bits per heavy atom. The number of nitrogens with one attached hydrogen (secondary N) is 1. The third-order valence-corrected chi connectivity index (χ3v) is 3.05. The van der Waals surface area contributed by atoms with E-state index in [9.17, 15) is 9.90 Å². The van der Waals surface area contributed by atoms with Crippen LogP contribution in [0.3, 0.4) is 0 Å². The van der Waals surface area contributed by atoms with Gasteiger partial charge in [-0.1, -0.05) is 6.07 Å². The monoisotopic (exact) mass is 250 g/mol. The number of β-amino-alcohol motifs (C(OH)–C–C–N with tert-alkyl or cyclic N) is 1. The highest BCUT2D eigenvalue weighted by atomic mass is 16.5. The molecule has 0 bridgehead atoms. The van der Waals surface area contributed by atoms with Gasteiger partial charge >= 0.3 is 6.03 Å². The van der Waals surface area contributed by atoms with Crippen molar-refractivity contribution in [2.45, 2.75) is 19.4 Å². The van der Waals surface area contributed by atoms with E-state index >= 15 is 0 Å². The van der Waals surface area contributed by atoms with Crippen molar-refractivity contribution >= 4 is 11.7 Å². The highest BCUT2D eigenvalue weighted by molar-refractivity contribution is 5.91. The molecule has 0 aromatic heterocycles. The number of amides is 2. The van der Waals surface area contributed by atoms with Crippen molar-refractivity contribution in [3.63, 3.8) is 0 Å². The highest BCUT2D eigenvalue weighted by Gasteiger charge is 2.24. The van der Waals surface area contributed by atoms with Gasteiger partial charge in [-0.15, -0.1) is 0 Å². The van der Waals surface area contributed by atoms with E-state index in [1.807, 2.05) is 25.1 Å². The quantitative estimate of drug-likeness (QED) is 0.838. The molecule has 1 fully saturated rings. The average molecular weight is 250 g/mol. The second kappa shape index (κ2) is 5.27. The number of ether oxygens (including phenoxy) is 1. The molecule has 98 valence electrons. The smallest absolute Gasteiger partial charge is 0.322 e. The van der Waals surface area contributed by atoms with Gasteiger partial charge in [-0.05, 0) is 31.0 Å². The summed E-state index contributed by atoms with van der Waals surface area (Å²) in [6, 6.07) is 5.40. The zero-order valence-corrected chi connectivity index (χ0v) is 10.6. The van der Waals surface area contributed by atoms with E-state index in [0.29, 0.717) is 30.9 Å². The summed E-state index contributed by atoms with van der Waals surface area (Å²) >= 11 is 0. The number of hydrogen-bond acceptors (Lipinski definition) is 3. The number of benzene rings is 1. The molecule has 1 atom stereocenters. The van der Waals surface area contributed by atoms with Crippen molar-refractivity contribution in [2.75, 3.05) is 25.5 Å². The number of likely N-dealkylation sites (tertiary alicyclic amines) is 1. The van der Waals surface area contributed by atoms with Crippen molar-refractivity contribution < 1.29 is 14.6 Å². The summed E-state index contributed by atoms with van der Waals surface area (Å²) in [5.74, 6) is 0.642. The molecule has 2 N–H and O–H groups in total. The van der Waals surface area contributed by atoms with Crippen LogP contribution in [0.1, 0.15) is 12.0 Å². The molecule has 0 unspecified atom stereocenters. The summed E-state index contributed by atoms with van der Waals surface area (Å²) in [4.78, 5) is 13.6. The number of urea groups is 1. The lowest BCUT2D eigenvalue weighted by molar-refractivity contribution is 0.176. The van der Waals surface area contributed by atoms with Crippen LogP contribution in [0, 0.1) is 6.92 Å². The van der Waals surface area contributed by atoms with Gasteiger partial charge < -0.3 is 20.1 Å². The number of anilines is 1. The Morgan fingerprint density at radius 1 is 1.56 bits per heavy atom. The standard InChI is InChI=1S/C13H18N2O3/c1-9-3-4-11(12(7-9)18-2)14-13(17)15-6-5-10(16)8-15/h3-4,7,10,16H,5-6,8H2,1-2H3,(H,14,17)/t10-/m1/s1. The third-order valence-electron chi connectivity index (χ3n) is 3.05. The van der Waals surface area contributed by atoms with E-state index in [1.165, 1.54) is 0 Å². The maximum Gasteiger partial charge on any atom is 0.322 e. The van der Waals surface area contributed by atoms with Crippen LogP contribution in [-0.2, 0) is 0 Å². The Hall–Kier alpha value is -1.75. The number of hydrogen-bond donors (Lipinski definition) is 2. The molecule has 2 amide bonds. The van der Waals surface area contributed by atoms with Crippen LogP contribution in [-0.4, -0.2) is 42.3 Å². The van der Waals surface area contributed by atoms with E-state index in [-0.39, 0.29) is 6.03 Å². The van der Waals surface area contributed by atoms with E-state index in [2.05, 4.69) is 5.32 Å². The van der Waals surface area contributed by atoms with Crippen molar-refractivity contribution in [1.29, 1.82) is 0 Å². The van der Waals surface area contributed by atoms with Gasteiger partial charge in [0.2, 0.25) is 0 Å². The Kier molecular flexibility index (Phi) is 3.72. The number of carbonyl (C=O) groups excluding carboxylic acids is 1. The first kappa shape index (κ1) is 12.7. The predicted molar refractivity (Wildman–Crippen MR) is 68.9 cm³/mol. The normalized spacial score (nSPS) is 18.8. The van der Waals surface area contributed by atoms with Gasteiger partial charge in [-0.3, -0.25) is 0 Å². The molecule has 5 nitrogen and oxygen atoms in total. The molecule has 1 aliphatic rings. The predicted octanol–water partition coefficient (Wildman–Crippen LogP) is 1.60. The van der Waals surface area contributed by atoms with Gasteiger partial charge in [0.15, 0.2) is 0 Å². The zero-order valence-electron chi connectivity index (χ0n) is 10.6. The summed E-state index contributed by atoms with van der Waals surface area (Å²) in [7, 11) is 1.57. The number of aryl methyl sites for hydroxylation is 1. The van der Waals surface area contributed by atoms with Crippen molar-refractivity contribution in [2.24, 2.45) is 0 Å². The summed E-state index contributed by atoms with van der Waals surface area (Å²) in [5, 5.41) is 12.2. The van der Waals surface area contributed by atoms with Crippen LogP contribution >= 0.6 is 0 Å². The van der Waals surface area contributed by atoms with Gasteiger partial charge in [0.1, 0.15) is 5.75 Å². The minimum atomic E-state index is -0.407. The molecular formula is C13H18N2O3. The van der Waals surface area contributed by atoms with Crippen LogP contribution in [0.5, 0.6) is 5.75 Å². The molecule has 2 rings (SSSR count). The fourth-order valence-corrected chi connectivity index (χ4v) is 2.02. The minimum absolute atomic E-state index is 0.200. The third kappa shape index (κ3) is 2.73. The van der Waals surface area contributed by atoms with Crippen molar-refractivity contribution in [1.82, 2.24) is 4.90 Å². The Morgan fingerprint density at radius 3 is 2.94 bits per heavy atom. The Balaban J connectivity index is 2.07. The Labute approximate surface area is 106 Å². The molecule has 1 aromatic carbocycles. The summed E-state index contributed by atoms with van der Waals surface area (Å²) in [6.45, 7) is 2.94. The van der Waals surface area contributed by atoms with Crippen LogP contribution in [0.25, 0.3) is 0 Å². The van der Waals surface area contributed by atoms with E-state index in [1.54, 1.807) is 12.0 Å². The van der Waals surface area contributed by atoms with Crippen LogP contribution < -0.4 is 10.1 Å².